The number of nitrogens with one attached hydrogen (secondary N) is 2. The maximum Gasteiger partial charge on any atom is 0.455 e. The molecule has 4 rings (SSSR count). The number of anilines is 1. The van der Waals surface area contributed by atoms with Gasteiger partial charge in [-0.25, -0.2) is 4.98 Å². The molecular formula is C23H18ClF3N10O. The number of halogens is 4. The van der Waals surface area contributed by atoms with Gasteiger partial charge in [-0.2, -0.15) is 33.0 Å². The lowest BCUT2D eigenvalue weighted by atomic mass is 9.96. The van der Waals surface area contributed by atoms with Crippen LogP contribution in [0.4, 0.5) is 19.0 Å². The van der Waals surface area contributed by atoms with Crippen LogP contribution in [0, 0.1) is 18.3 Å². The Morgan fingerprint density at radius 1 is 1.26 bits per heavy atom. The van der Waals surface area contributed by atoms with Crippen molar-refractivity contribution >= 4 is 29.0 Å². The number of pyridine rings is 1. The van der Waals surface area contributed by atoms with Gasteiger partial charge in [-0.05, 0) is 42.0 Å². The number of amides is 1. The van der Waals surface area contributed by atoms with Crippen LogP contribution in [0.25, 0.3) is 11.5 Å². The van der Waals surface area contributed by atoms with Crippen molar-refractivity contribution in [3.05, 3.63) is 81.9 Å². The van der Waals surface area contributed by atoms with Crippen LogP contribution in [0.3, 0.4) is 0 Å². The number of benzene rings is 1. The molecule has 38 heavy (non-hydrogen) atoms. The molecule has 0 saturated carbocycles. The van der Waals surface area contributed by atoms with Crippen molar-refractivity contribution in [2.45, 2.75) is 19.6 Å². The lowest BCUT2D eigenvalue weighted by Crippen LogP contribution is -2.20. The van der Waals surface area contributed by atoms with E-state index in [-0.39, 0.29) is 34.5 Å². The van der Waals surface area contributed by atoms with Gasteiger partial charge in [0.2, 0.25) is 0 Å². The number of hydrogen-bond donors (Lipinski definition) is 2. The molecule has 0 atom stereocenters. The van der Waals surface area contributed by atoms with Crippen LogP contribution in [0.1, 0.15) is 38.6 Å². The third-order valence-electron chi connectivity index (χ3n) is 5.27. The highest BCUT2D eigenvalue weighted by Gasteiger charge is 2.36. The lowest BCUT2D eigenvalue weighted by molar-refractivity contribution is -0.145. The molecule has 1 amide bonds. The van der Waals surface area contributed by atoms with E-state index in [1.54, 1.807) is 32.2 Å². The molecule has 0 fully saturated rings. The van der Waals surface area contributed by atoms with Crippen LogP contribution in [-0.2, 0) is 12.7 Å². The predicted molar refractivity (Wildman–Crippen MR) is 130 cm³/mol. The van der Waals surface area contributed by atoms with Gasteiger partial charge < -0.3 is 10.6 Å². The van der Waals surface area contributed by atoms with Gasteiger partial charge in [-0.3, -0.25) is 4.79 Å². The number of hydrogen-bond acceptors (Lipinski definition) is 8. The van der Waals surface area contributed by atoms with Gasteiger partial charge in [0.05, 0.1) is 27.9 Å². The van der Waals surface area contributed by atoms with Crippen molar-refractivity contribution in [3.63, 3.8) is 0 Å². The van der Waals surface area contributed by atoms with E-state index in [0.29, 0.717) is 22.4 Å². The Morgan fingerprint density at radius 2 is 2.03 bits per heavy atom. The number of tetrazole rings is 1. The fraction of sp³-hybridized carbons (Fsp3) is 0.174. The van der Waals surface area contributed by atoms with Crippen LogP contribution in [0.2, 0.25) is 5.02 Å². The van der Waals surface area contributed by atoms with Gasteiger partial charge in [-0.1, -0.05) is 18.2 Å². The largest absolute Gasteiger partial charge is 0.455 e. The minimum Gasteiger partial charge on any atom is -0.388 e. The summed E-state index contributed by atoms with van der Waals surface area (Å²) in [5.41, 5.74) is 2.12. The van der Waals surface area contributed by atoms with Crippen LogP contribution >= 0.6 is 11.6 Å². The summed E-state index contributed by atoms with van der Waals surface area (Å²) in [7, 11) is 1.63. The minimum atomic E-state index is -4.76. The van der Waals surface area contributed by atoms with Gasteiger partial charge in [0.1, 0.15) is 12.4 Å². The standard InChI is InChI=1S/C23H18ClF3N10O/c1-12-7-14(10-28)8-16(13(2)29-3)19(12)21(38)31-18-9-15(11-36-34-22(32-35-36)23(25,26)27)33-37(18)20-17(24)5-4-6-30-20/h4-9,29H,2,11H2,1,3H3,(H,31,38). The summed E-state index contributed by atoms with van der Waals surface area (Å²) in [5.74, 6) is -1.68. The minimum absolute atomic E-state index is 0.117. The van der Waals surface area contributed by atoms with E-state index in [4.69, 9.17) is 11.6 Å². The van der Waals surface area contributed by atoms with Crippen molar-refractivity contribution in [3.8, 4) is 11.9 Å². The Morgan fingerprint density at radius 3 is 2.66 bits per heavy atom. The third-order valence-corrected chi connectivity index (χ3v) is 5.56. The Hall–Kier alpha value is -4.77. The normalized spacial score (nSPS) is 11.2. The summed E-state index contributed by atoms with van der Waals surface area (Å²) < 4.78 is 39.9. The summed E-state index contributed by atoms with van der Waals surface area (Å²) in [6.07, 6.45) is -3.30. The Kier molecular flexibility index (Phi) is 7.13. The van der Waals surface area contributed by atoms with E-state index in [1.807, 2.05) is 0 Å². The van der Waals surface area contributed by atoms with Crippen LogP contribution in [-0.4, -0.2) is 47.9 Å². The molecular weight excluding hydrogens is 525 g/mol. The molecule has 2 N–H and O–H groups in total. The molecule has 0 aliphatic heterocycles. The number of nitrogens with zero attached hydrogens (tertiary/aromatic N) is 8. The molecule has 0 bridgehead atoms. The fourth-order valence-electron chi connectivity index (χ4n) is 3.56. The summed E-state index contributed by atoms with van der Waals surface area (Å²) in [6.45, 7) is 5.29. The molecule has 11 nitrogen and oxygen atoms in total. The molecule has 1 aromatic carbocycles. The highest BCUT2D eigenvalue weighted by Crippen LogP contribution is 2.27. The number of alkyl halides is 3. The molecule has 0 radical (unpaired) electrons. The molecule has 0 aliphatic carbocycles. The second-order valence-corrected chi connectivity index (χ2v) is 8.30. The lowest BCUT2D eigenvalue weighted by Gasteiger charge is -2.16. The zero-order chi connectivity index (χ0) is 27.6. The topological polar surface area (TPSA) is 139 Å². The highest BCUT2D eigenvalue weighted by molar-refractivity contribution is 6.32. The molecule has 15 heteroatoms. The number of aromatic nitrogens is 7. The predicted octanol–water partition coefficient (Wildman–Crippen LogP) is 3.60. The van der Waals surface area contributed by atoms with Crippen molar-refractivity contribution in [1.29, 1.82) is 5.26 Å². The summed E-state index contributed by atoms with van der Waals surface area (Å²) in [6, 6.07) is 9.73. The third kappa shape index (κ3) is 5.32. The number of nitriles is 1. The van der Waals surface area contributed by atoms with Crippen molar-refractivity contribution < 1.29 is 18.0 Å². The second kappa shape index (κ2) is 10.3. The maximum atomic E-state index is 13.5. The molecule has 3 heterocycles. The number of rotatable bonds is 7. The van der Waals surface area contributed by atoms with Crippen molar-refractivity contribution in [2.75, 3.05) is 12.4 Å². The molecule has 194 valence electrons. The highest BCUT2D eigenvalue weighted by atomic mass is 35.5. The first-order valence-electron chi connectivity index (χ1n) is 10.8. The Labute approximate surface area is 218 Å². The number of carbonyl (C=O) groups excluding carboxylic acids is 1. The Bertz CT molecular complexity index is 1580. The zero-order valence-electron chi connectivity index (χ0n) is 19.9. The maximum absolute atomic E-state index is 13.5. The second-order valence-electron chi connectivity index (χ2n) is 7.89. The van der Waals surface area contributed by atoms with Crippen molar-refractivity contribution in [1.82, 2.24) is 40.3 Å². The van der Waals surface area contributed by atoms with E-state index in [2.05, 4.69) is 48.8 Å². The fourth-order valence-corrected chi connectivity index (χ4v) is 3.77. The summed E-state index contributed by atoms with van der Waals surface area (Å²) in [4.78, 5) is 18.4. The molecule has 0 saturated heterocycles. The van der Waals surface area contributed by atoms with E-state index in [0.717, 1.165) is 4.80 Å². The molecule has 4 aromatic rings. The van der Waals surface area contributed by atoms with Crippen LogP contribution < -0.4 is 10.6 Å². The summed E-state index contributed by atoms with van der Waals surface area (Å²) >= 11 is 6.30. The van der Waals surface area contributed by atoms with Gasteiger partial charge in [-0.15, -0.1) is 10.2 Å². The SMILES string of the molecule is C=C(NC)c1cc(C#N)cc(C)c1C(=O)Nc1cc(Cn2nnc(C(F)(F)F)n2)nn1-c1ncccc1Cl. The van der Waals surface area contributed by atoms with Crippen LogP contribution in [0.15, 0.2) is 43.1 Å². The van der Waals surface area contributed by atoms with Crippen LogP contribution in [0.5, 0.6) is 0 Å². The summed E-state index contributed by atoms with van der Waals surface area (Å²) in [5, 5.41) is 29.3. The first kappa shape index (κ1) is 26.3. The number of aryl methyl sites for hydroxylation is 1. The first-order chi connectivity index (χ1) is 18.0. The Balaban J connectivity index is 1.75. The van der Waals surface area contributed by atoms with Gasteiger partial charge in [0.25, 0.3) is 11.7 Å². The molecule has 0 aliphatic rings. The number of carbonyl (C=O) groups is 1. The average molecular weight is 543 g/mol. The first-order valence-corrected chi connectivity index (χ1v) is 11.2. The van der Waals surface area contributed by atoms with Gasteiger partial charge >= 0.3 is 6.18 Å². The molecule has 0 unspecified atom stereocenters. The smallest absolute Gasteiger partial charge is 0.388 e. The monoisotopic (exact) mass is 542 g/mol. The average Bonchev–Trinajstić information content (AvgIpc) is 3.50. The zero-order valence-corrected chi connectivity index (χ0v) is 20.6. The van der Waals surface area contributed by atoms with Gasteiger partial charge in [0, 0.05) is 30.6 Å². The van der Waals surface area contributed by atoms with E-state index in [1.165, 1.54) is 23.0 Å². The van der Waals surface area contributed by atoms with Crippen molar-refractivity contribution in [2.24, 2.45) is 0 Å². The van der Waals surface area contributed by atoms with E-state index >= 15 is 0 Å². The quantitative estimate of drug-likeness (QED) is 0.361. The van der Waals surface area contributed by atoms with E-state index < -0.39 is 17.9 Å². The molecule has 0 spiro atoms. The molecule has 3 aromatic heterocycles. The van der Waals surface area contributed by atoms with Gasteiger partial charge in [0.15, 0.2) is 5.82 Å². The van der Waals surface area contributed by atoms with E-state index in [9.17, 15) is 23.2 Å².